The Hall–Kier alpha value is -3.08. The highest BCUT2D eigenvalue weighted by atomic mass is 16.5. The number of urea groups is 1. The number of carbonyl (C=O) groups excluding carboxylic acids is 2. The van der Waals surface area contributed by atoms with Gasteiger partial charge in [0.05, 0.1) is 0 Å². The predicted octanol–water partition coefficient (Wildman–Crippen LogP) is 2.66. The molecular formula is C16H12N2O3. The number of benzene rings is 2. The number of rotatable bonds is 3. The number of para-hydroxylation sites is 1. The smallest absolute Gasteiger partial charge is 0.326 e. The van der Waals surface area contributed by atoms with Crippen LogP contribution in [0.2, 0.25) is 0 Å². The van der Waals surface area contributed by atoms with Crippen LogP contribution in [0.3, 0.4) is 0 Å². The van der Waals surface area contributed by atoms with E-state index in [1.54, 1.807) is 18.2 Å². The van der Waals surface area contributed by atoms with E-state index in [4.69, 9.17) is 4.74 Å². The minimum absolute atomic E-state index is 0.233. The number of carbonyl (C=O) groups is 2. The minimum Gasteiger partial charge on any atom is -0.457 e. The van der Waals surface area contributed by atoms with Gasteiger partial charge in [0.15, 0.2) is 0 Å². The molecule has 0 unspecified atom stereocenters. The first-order chi connectivity index (χ1) is 10.2. The first-order valence-corrected chi connectivity index (χ1v) is 6.38. The molecule has 3 amide bonds. The van der Waals surface area contributed by atoms with Crippen LogP contribution in [0, 0.1) is 0 Å². The molecular weight excluding hydrogens is 268 g/mol. The van der Waals surface area contributed by atoms with Crippen LogP contribution < -0.4 is 15.4 Å². The Morgan fingerprint density at radius 2 is 1.48 bits per heavy atom. The molecule has 0 aliphatic carbocycles. The van der Waals surface area contributed by atoms with E-state index in [1.165, 1.54) is 0 Å². The molecule has 0 saturated carbocycles. The molecule has 21 heavy (non-hydrogen) atoms. The van der Waals surface area contributed by atoms with Crippen molar-refractivity contribution in [1.82, 2.24) is 10.6 Å². The van der Waals surface area contributed by atoms with Crippen molar-refractivity contribution in [2.75, 3.05) is 0 Å². The number of nitrogens with one attached hydrogen (secondary N) is 2. The molecule has 104 valence electrons. The van der Waals surface area contributed by atoms with Gasteiger partial charge in [-0.1, -0.05) is 30.3 Å². The lowest BCUT2D eigenvalue weighted by Gasteiger charge is -2.05. The molecule has 0 bridgehead atoms. The summed E-state index contributed by atoms with van der Waals surface area (Å²) in [5.74, 6) is 1.03. The molecule has 5 nitrogen and oxygen atoms in total. The quantitative estimate of drug-likeness (QED) is 0.671. The van der Waals surface area contributed by atoms with Gasteiger partial charge in [0, 0.05) is 0 Å². The van der Waals surface area contributed by atoms with Crippen LogP contribution in [-0.4, -0.2) is 11.9 Å². The molecule has 0 atom stereocenters. The number of hydrogen-bond acceptors (Lipinski definition) is 3. The fourth-order valence-corrected chi connectivity index (χ4v) is 1.91. The third kappa shape index (κ3) is 3.09. The number of imide groups is 1. The van der Waals surface area contributed by atoms with Crippen molar-refractivity contribution in [3.8, 4) is 11.5 Å². The maximum Gasteiger partial charge on any atom is 0.326 e. The van der Waals surface area contributed by atoms with Gasteiger partial charge in [-0.05, 0) is 35.9 Å². The van der Waals surface area contributed by atoms with Gasteiger partial charge in [-0.2, -0.15) is 0 Å². The summed E-state index contributed by atoms with van der Waals surface area (Å²) < 4.78 is 5.67. The molecule has 1 saturated heterocycles. The summed E-state index contributed by atoms with van der Waals surface area (Å²) in [5.41, 5.74) is 1.03. The van der Waals surface area contributed by atoms with Crippen molar-refractivity contribution in [1.29, 1.82) is 0 Å². The maximum atomic E-state index is 11.4. The zero-order chi connectivity index (χ0) is 14.7. The van der Waals surface area contributed by atoms with Crippen LogP contribution >= 0.6 is 0 Å². The van der Waals surface area contributed by atoms with Gasteiger partial charge in [-0.15, -0.1) is 0 Å². The summed E-state index contributed by atoms with van der Waals surface area (Å²) >= 11 is 0. The average molecular weight is 280 g/mol. The van der Waals surface area contributed by atoms with Crippen molar-refractivity contribution in [3.05, 3.63) is 65.9 Å². The fraction of sp³-hybridized carbons (Fsp3) is 0. The lowest BCUT2D eigenvalue weighted by molar-refractivity contribution is -0.115. The highest BCUT2D eigenvalue weighted by Gasteiger charge is 2.22. The van der Waals surface area contributed by atoms with E-state index in [2.05, 4.69) is 10.6 Å². The first-order valence-electron chi connectivity index (χ1n) is 6.38. The molecule has 1 heterocycles. The van der Waals surface area contributed by atoms with E-state index < -0.39 is 11.9 Å². The van der Waals surface area contributed by atoms with Crippen molar-refractivity contribution >= 4 is 18.0 Å². The molecule has 1 aliphatic heterocycles. The number of hydrogen-bond donors (Lipinski definition) is 2. The van der Waals surface area contributed by atoms with E-state index >= 15 is 0 Å². The van der Waals surface area contributed by atoms with Gasteiger partial charge < -0.3 is 10.1 Å². The topological polar surface area (TPSA) is 67.4 Å². The lowest BCUT2D eigenvalue weighted by atomic mass is 10.2. The van der Waals surface area contributed by atoms with Gasteiger partial charge in [-0.25, -0.2) is 4.79 Å². The molecule has 5 heteroatoms. The molecule has 1 fully saturated rings. The van der Waals surface area contributed by atoms with E-state index in [1.807, 2.05) is 42.5 Å². The SMILES string of the molecule is O=C1NC(=O)C(=Cc2ccc(Oc3ccccc3)cc2)N1. The van der Waals surface area contributed by atoms with E-state index in [0.29, 0.717) is 5.75 Å². The Labute approximate surface area is 121 Å². The third-order valence-electron chi connectivity index (χ3n) is 2.89. The summed E-state index contributed by atoms with van der Waals surface area (Å²) in [7, 11) is 0. The second kappa shape index (κ2) is 5.50. The Kier molecular flexibility index (Phi) is 3.39. The van der Waals surface area contributed by atoms with Gasteiger partial charge in [0.25, 0.3) is 5.91 Å². The second-order valence-electron chi connectivity index (χ2n) is 4.45. The normalized spacial score (nSPS) is 15.7. The van der Waals surface area contributed by atoms with Crippen molar-refractivity contribution < 1.29 is 14.3 Å². The average Bonchev–Trinajstić information content (AvgIpc) is 2.80. The highest BCUT2D eigenvalue weighted by molar-refractivity contribution is 6.13. The van der Waals surface area contributed by atoms with Crippen LogP contribution in [0.4, 0.5) is 4.79 Å². The standard InChI is InChI=1S/C16H12N2O3/c19-15-14(17-16(20)18-15)10-11-6-8-13(9-7-11)21-12-4-2-1-3-5-12/h1-10H,(H2,17,18,19,20). The monoisotopic (exact) mass is 280 g/mol. The second-order valence-corrected chi connectivity index (χ2v) is 4.45. The van der Waals surface area contributed by atoms with Gasteiger partial charge in [-0.3, -0.25) is 10.1 Å². The Morgan fingerprint density at radius 1 is 0.810 bits per heavy atom. The fourth-order valence-electron chi connectivity index (χ4n) is 1.91. The van der Waals surface area contributed by atoms with Crippen molar-refractivity contribution in [3.63, 3.8) is 0 Å². The van der Waals surface area contributed by atoms with Crippen LogP contribution in [0.25, 0.3) is 6.08 Å². The molecule has 2 N–H and O–H groups in total. The Balaban J connectivity index is 1.74. The number of amides is 3. The largest absolute Gasteiger partial charge is 0.457 e. The lowest BCUT2D eigenvalue weighted by Crippen LogP contribution is -2.22. The zero-order valence-electron chi connectivity index (χ0n) is 11.0. The first kappa shape index (κ1) is 12.9. The van der Waals surface area contributed by atoms with E-state index in [0.717, 1.165) is 11.3 Å². The summed E-state index contributed by atoms with van der Waals surface area (Å²) in [6.45, 7) is 0. The van der Waals surface area contributed by atoms with Gasteiger partial charge in [0.2, 0.25) is 0 Å². The number of ether oxygens (including phenoxy) is 1. The molecule has 2 aromatic carbocycles. The van der Waals surface area contributed by atoms with Gasteiger partial charge in [0.1, 0.15) is 17.2 Å². The highest BCUT2D eigenvalue weighted by Crippen LogP contribution is 2.21. The molecule has 1 aliphatic rings. The Bertz CT molecular complexity index is 706. The molecule has 3 rings (SSSR count). The van der Waals surface area contributed by atoms with Crippen LogP contribution in [0.15, 0.2) is 60.3 Å². The van der Waals surface area contributed by atoms with Crippen LogP contribution in [0.5, 0.6) is 11.5 Å². The molecule has 0 radical (unpaired) electrons. The van der Waals surface area contributed by atoms with Crippen LogP contribution in [0.1, 0.15) is 5.56 Å². The van der Waals surface area contributed by atoms with Crippen molar-refractivity contribution in [2.24, 2.45) is 0 Å². The molecule has 2 aromatic rings. The minimum atomic E-state index is -0.504. The third-order valence-corrected chi connectivity index (χ3v) is 2.89. The predicted molar refractivity (Wildman–Crippen MR) is 77.6 cm³/mol. The summed E-state index contributed by atoms with van der Waals surface area (Å²) in [4.78, 5) is 22.4. The zero-order valence-corrected chi connectivity index (χ0v) is 11.0. The maximum absolute atomic E-state index is 11.4. The van der Waals surface area contributed by atoms with Gasteiger partial charge >= 0.3 is 6.03 Å². The Morgan fingerprint density at radius 3 is 2.10 bits per heavy atom. The molecule has 0 spiro atoms. The van der Waals surface area contributed by atoms with E-state index in [-0.39, 0.29) is 5.70 Å². The van der Waals surface area contributed by atoms with Crippen LogP contribution in [-0.2, 0) is 4.79 Å². The summed E-state index contributed by atoms with van der Waals surface area (Å²) in [5, 5.41) is 4.59. The summed E-state index contributed by atoms with van der Waals surface area (Å²) in [6.07, 6.45) is 1.60. The van der Waals surface area contributed by atoms with Crippen molar-refractivity contribution in [2.45, 2.75) is 0 Å². The summed E-state index contributed by atoms with van der Waals surface area (Å²) in [6, 6.07) is 16.2. The molecule has 0 aromatic heterocycles. The van der Waals surface area contributed by atoms with E-state index in [9.17, 15) is 9.59 Å².